The Bertz CT molecular complexity index is 1620. The van der Waals surface area contributed by atoms with E-state index in [1.165, 1.54) is 0 Å². The van der Waals surface area contributed by atoms with Crippen LogP contribution in [0.15, 0.2) is 54.7 Å². The van der Waals surface area contributed by atoms with Gasteiger partial charge in [0.2, 0.25) is 6.41 Å². The Morgan fingerprint density at radius 3 is 2.45 bits per heavy atom. The lowest BCUT2D eigenvalue weighted by Crippen LogP contribution is -2.56. The zero-order valence-corrected chi connectivity index (χ0v) is 24.9. The van der Waals surface area contributed by atoms with Crippen molar-refractivity contribution in [1.29, 1.82) is 0 Å². The Hall–Kier alpha value is -4.22. The maximum absolute atomic E-state index is 13.7. The van der Waals surface area contributed by atoms with Crippen LogP contribution in [0.2, 0.25) is 0 Å². The van der Waals surface area contributed by atoms with E-state index in [4.69, 9.17) is 24.0 Å². The summed E-state index contributed by atoms with van der Waals surface area (Å²) < 4.78 is 38.7. The summed E-state index contributed by atoms with van der Waals surface area (Å²) in [7, 11) is 4.81. The van der Waals surface area contributed by atoms with Gasteiger partial charge in [-0.2, -0.15) is 5.10 Å². The zero-order valence-electron chi connectivity index (χ0n) is 24.1. The number of pyridine rings is 1. The average Bonchev–Trinajstić information content (AvgIpc) is 3.39. The number of benzene rings is 2. The molecule has 4 aromatic rings. The molecule has 2 aliphatic rings. The molecule has 2 unspecified atom stereocenters. The van der Waals surface area contributed by atoms with Crippen LogP contribution in [0, 0.1) is 0 Å². The molecule has 2 aliphatic heterocycles. The largest absolute Gasteiger partial charge is 0.616 e. The van der Waals surface area contributed by atoms with Crippen molar-refractivity contribution in [2.75, 3.05) is 33.6 Å². The van der Waals surface area contributed by atoms with E-state index in [2.05, 4.69) is 4.98 Å². The number of fused-ring (bicyclic) bond motifs is 3. The van der Waals surface area contributed by atoms with Crippen molar-refractivity contribution in [1.82, 2.24) is 19.7 Å². The number of aromatic nitrogens is 3. The van der Waals surface area contributed by atoms with Gasteiger partial charge in [-0.1, -0.05) is 6.07 Å². The summed E-state index contributed by atoms with van der Waals surface area (Å²) in [6, 6.07) is 15.1. The molecule has 0 aliphatic carbocycles. The van der Waals surface area contributed by atoms with Crippen LogP contribution in [0.3, 0.4) is 0 Å². The molecule has 0 spiro atoms. The predicted octanol–water partition coefficient (Wildman–Crippen LogP) is 4.56. The Labute approximate surface area is 247 Å². The van der Waals surface area contributed by atoms with E-state index in [0.29, 0.717) is 46.7 Å². The van der Waals surface area contributed by atoms with Gasteiger partial charge in [-0.05, 0) is 43.2 Å². The zero-order chi connectivity index (χ0) is 29.6. The Balaban J connectivity index is 1.64. The third-order valence-corrected chi connectivity index (χ3v) is 9.93. The molecule has 0 N–H and O–H groups in total. The maximum atomic E-state index is 13.7. The fourth-order valence-corrected chi connectivity index (χ4v) is 7.65. The summed E-state index contributed by atoms with van der Waals surface area (Å²) in [5.41, 5.74) is 4.49. The summed E-state index contributed by atoms with van der Waals surface area (Å²) in [4.78, 5) is 18.3. The van der Waals surface area contributed by atoms with Gasteiger partial charge in [0.05, 0.1) is 50.5 Å². The summed E-state index contributed by atoms with van der Waals surface area (Å²) in [6.07, 6.45) is 2.57. The summed E-state index contributed by atoms with van der Waals surface area (Å²) in [5, 5.41) is 4.59. The molecular weight excluding hydrogens is 556 g/mol. The highest BCUT2D eigenvalue weighted by molar-refractivity contribution is 7.91. The van der Waals surface area contributed by atoms with Crippen LogP contribution in [0.25, 0.3) is 28.2 Å². The molecule has 2 aromatic heterocycles. The first-order valence-electron chi connectivity index (χ1n) is 13.5. The molecule has 2 atom stereocenters. The number of hydrogen-bond donors (Lipinski definition) is 0. The molecule has 11 heteroatoms. The van der Waals surface area contributed by atoms with Crippen LogP contribution < -0.4 is 18.9 Å². The van der Waals surface area contributed by atoms with Gasteiger partial charge in [0.15, 0.2) is 5.25 Å². The lowest BCUT2D eigenvalue weighted by Gasteiger charge is -2.45. The lowest BCUT2D eigenvalue weighted by molar-refractivity contribution is -0.123. The van der Waals surface area contributed by atoms with E-state index in [1.54, 1.807) is 38.5 Å². The fraction of sp³-hybridized carbons (Fsp3) is 0.323. The van der Waals surface area contributed by atoms with E-state index < -0.39 is 22.0 Å². The normalized spacial score (nSPS) is 18.9. The van der Waals surface area contributed by atoms with Crippen molar-refractivity contribution in [3.8, 4) is 51.2 Å². The quantitative estimate of drug-likeness (QED) is 0.228. The molecule has 1 amide bonds. The van der Waals surface area contributed by atoms with Crippen LogP contribution in [0.5, 0.6) is 23.0 Å². The van der Waals surface area contributed by atoms with E-state index in [-0.39, 0.29) is 6.61 Å². The van der Waals surface area contributed by atoms with E-state index in [9.17, 15) is 9.35 Å². The number of hydrogen-bond acceptors (Lipinski definition) is 8. The van der Waals surface area contributed by atoms with Gasteiger partial charge in [-0.3, -0.25) is 9.78 Å². The molecule has 1 fully saturated rings. The number of rotatable bonds is 7. The maximum Gasteiger partial charge on any atom is 0.210 e. The van der Waals surface area contributed by atoms with Crippen molar-refractivity contribution in [3.63, 3.8) is 0 Å². The molecule has 42 heavy (non-hydrogen) atoms. The topological polar surface area (TPSA) is 111 Å². The van der Waals surface area contributed by atoms with Gasteiger partial charge in [0, 0.05) is 47.2 Å². The van der Waals surface area contributed by atoms with Crippen molar-refractivity contribution < 1.29 is 28.3 Å². The molecular formula is C31H32N4O6S. The van der Waals surface area contributed by atoms with Gasteiger partial charge < -0.3 is 28.4 Å². The minimum absolute atomic E-state index is 0.204. The first kappa shape index (κ1) is 27.9. The van der Waals surface area contributed by atoms with Gasteiger partial charge in [0.1, 0.15) is 41.1 Å². The Morgan fingerprint density at radius 2 is 1.81 bits per heavy atom. The van der Waals surface area contributed by atoms with E-state index in [1.807, 2.05) is 61.0 Å². The highest BCUT2D eigenvalue weighted by Gasteiger charge is 2.51. The van der Waals surface area contributed by atoms with E-state index >= 15 is 0 Å². The monoisotopic (exact) mass is 588 g/mol. The smallest absolute Gasteiger partial charge is 0.210 e. The van der Waals surface area contributed by atoms with Crippen LogP contribution in [-0.2, 0) is 22.6 Å². The summed E-state index contributed by atoms with van der Waals surface area (Å²) >= 11 is -1.28. The summed E-state index contributed by atoms with van der Waals surface area (Å²) in [6.45, 7) is 4.49. The molecule has 1 saturated heterocycles. The van der Waals surface area contributed by atoms with Gasteiger partial charge in [-0.15, -0.1) is 0 Å². The van der Waals surface area contributed by atoms with Crippen LogP contribution in [0.4, 0.5) is 0 Å². The third-order valence-electron chi connectivity index (χ3n) is 8.02. The second kappa shape index (κ2) is 10.9. The molecule has 4 heterocycles. The van der Waals surface area contributed by atoms with Crippen molar-refractivity contribution in [3.05, 3.63) is 66.0 Å². The second-order valence-electron chi connectivity index (χ2n) is 10.7. The number of nitrogens with zero attached hydrogens (tertiary/aromatic N) is 4. The molecule has 218 valence electrons. The first-order valence-corrected chi connectivity index (χ1v) is 14.9. The molecule has 0 bridgehead atoms. The van der Waals surface area contributed by atoms with E-state index in [0.717, 1.165) is 34.5 Å². The standard InChI is InChI=1S/C31H32N4O6S/c1-31(2)30(42(37)11-10-34(31)18-36)28-24-17-41-27-16-26(40-5)22(25-8-6-7-9-32-25)15-23(27)29(24)35(33-28)19-12-20(38-3)14-21(13-19)39-4/h6-9,12-16,18,30H,10-11,17H2,1-5H3. The predicted molar refractivity (Wildman–Crippen MR) is 159 cm³/mol. The number of methoxy groups -OCH3 is 3. The summed E-state index contributed by atoms with van der Waals surface area (Å²) in [5.74, 6) is 2.81. The van der Waals surface area contributed by atoms with Crippen LogP contribution in [-0.4, -0.2) is 69.8 Å². The third kappa shape index (κ3) is 4.53. The Morgan fingerprint density at radius 1 is 1.05 bits per heavy atom. The van der Waals surface area contributed by atoms with Crippen molar-refractivity contribution >= 4 is 17.6 Å². The number of carbonyl (C=O) groups is 1. The molecule has 0 saturated carbocycles. The average molecular weight is 589 g/mol. The minimum atomic E-state index is -1.28. The second-order valence-corrected chi connectivity index (χ2v) is 12.3. The fourth-order valence-electron chi connectivity index (χ4n) is 5.82. The van der Waals surface area contributed by atoms with Gasteiger partial charge in [-0.25, -0.2) is 4.68 Å². The van der Waals surface area contributed by atoms with Crippen molar-refractivity contribution in [2.45, 2.75) is 31.2 Å². The molecule has 10 nitrogen and oxygen atoms in total. The highest BCUT2D eigenvalue weighted by Crippen LogP contribution is 2.49. The number of carbonyl (C=O) groups excluding carboxylic acids is 1. The lowest BCUT2D eigenvalue weighted by atomic mass is 9.91. The van der Waals surface area contributed by atoms with Crippen LogP contribution >= 0.6 is 0 Å². The molecule has 6 rings (SSSR count). The van der Waals surface area contributed by atoms with Crippen LogP contribution in [0.1, 0.15) is 30.4 Å². The number of amides is 1. The SMILES string of the molecule is COc1cc(OC)cc(-n2nc(C3[S+]([O-])CCN(C=O)C3(C)C)c3c2-c2cc(-c4ccccn4)c(OC)cc2OC3)c1. The Kier molecular flexibility index (Phi) is 7.24. The van der Waals surface area contributed by atoms with Gasteiger partial charge >= 0.3 is 0 Å². The number of ether oxygens (including phenoxy) is 4. The van der Waals surface area contributed by atoms with Gasteiger partial charge in [0.25, 0.3) is 0 Å². The minimum Gasteiger partial charge on any atom is -0.616 e. The first-order chi connectivity index (χ1) is 20.3. The molecule has 2 aromatic carbocycles. The molecule has 0 radical (unpaired) electrons. The highest BCUT2D eigenvalue weighted by atomic mass is 32.2. The van der Waals surface area contributed by atoms with Crippen molar-refractivity contribution in [2.24, 2.45) is 0 Å².